The van der Waals surface area contributed by atoms with Crippen molar-refractivity contribution in [3.8, 4) is 0 Å². The molecule has 53 heavy (non-hydrogen) atoms. The molecule has 0 aliphatic rings. The van der Waals surface area contributed by atoms with Crippen molar-refractivity contribution in [2.75, 3.05) is 26.4 Å². The van der Waals surface area contributed by atoms with Crippen LogP contribution in [-0.2, 0) is 32.7 Å². The second-order valence-corrected chi connectivity index (χ2v) is 15.5. The maximum absolute atomic E-state index is 12.6. The van der Waals surface area contributed by atoms with E-state index in [4.69, 9.17) is 19.1 Å². The van der Waals surface area contributed by atoms with Gasteiger partial charge in [0.15, 0.2) is 6.10 Å². The second kappa shape index (κ2) is 38.5. The molecule has 0 spiro atoms. The zero-order valence-corrected chi connectivity index (χ0v) is 34.4. The highest BCUT2D eigenvalue weighted by atomic mass is 31.2. The zero-order valence-electron chi connectivity index (χ0n) is 33.5. The highest BCUT2D eigenvalue weighted by Crippen LogP contribution is 2.43. The van der Waals surface area contributed by atoms with Crippen molar-refractivity contribution in [3.63, 3.8) is 0 Å². The van der Waals surface area contributed by atoms with Gasteiger partial charge in [0.05, 0.1) is 19.8 Å². The van der Waals surface area contributed by atoms with E-state index in [0.29, 0.717) is 12.8 Å². The van der Waals surface area contributed by atoms with Crippen LogP contribution in [-0.4, -0.2) is 65.7 Å². The first-order valence-electron chi connectivity index (χ1n) is 20.9. The smallest absolute Gasteiger partial charge is 0.462 e. The molecule has 3 atom stereocenters. The minimum Gasteiger partial charge on any atom is -0.462 e. The number of allylic oxidation sites excluding steroid dienone is 6. The van der Waals surface area contributed by atoms with Crippen molar-refractivity contribution >= 4 is 19.8 Å². The third-order valence-corrected chi connectivity index (χ3v) is 9.72. The number of aliphatic hydroxyl groups is 2. The third-order valence-electron chi connectivity index (χ3n) is 8.77. The van der Waals surface area contributed by atoms with Crippen LogP contribution in [0.1, 0.15) is 181 Å². The van der Waals surface area contributed by atoms with Crippen molar-refractivity contribution in [1.29, 1.82) is 0 Å². The summed E-state index contributed by atoms with van der Waals surface area (Å²) < 4.78 is 32.7. The van der Waals surface area contributed by atoms with Gasteiger partial charge in [-0.25, -0.2) is 4.57 Å². The van der Waals surface area contributed by atoms with Gasteiger partial charge in [0, 0.05) is 12.8 Å². The number of ether oxygens (including phenoxy) is 2. The molecule has 0 aromatic rings. The first-order valence-corrected chi connectivity index (χ1v) is 22.4. The van der Waals surface area contributed by atoms with E-state index in [-0.39, 0.29) is 19.4 Å². The number of esters is 2. The SMILES string of the molecule is CCCCC/C=C/C/C=C/CCCCCCCC(=O)OC[C@H](COP(=O)(O)OC[C@@H](O)CO)OC(=O)CCCCCCCCC/C=C/CCCCCC. The molecule has 0 fully saturated rings. The highest BCUT2D eigenvalue weighted by Gasteiger charge is 2.27. The Bertz CT molecular complexity index is 983. The van der Waals surface area contributed by atoms with Gasteiger partial charge in [0.2, 0.25) is 0 Å². The van der Waals surface area contributed by atoms with Crippen LogP contribution in [0.3, 0.4) is 0 Å². The molecule has 10 nitrogen and oxygen atoms in total. The number of carbonyl (C=O) groups is 2. The average molecular weight is 773 g/mol. The van der Waals surface area contributed by atoms with Crippen LogP contribution in [0.2, 0.25) is 0 Å². The molecule has 0 aromatic carbocycles. The number of unbranched alkanes of at least 4 members (excludes halogenated alkanes) is 19. The van der Waals surface area contributed by atoms with E-state index in [1.54, 1.807) is 0 Å². The summed E-state index contributed by atoms with van der Waals surface area (Å²) in [5, 5.41) is 18.3. The Hall–Kier alpha value is -1.81. The van der Waals surface area contributed by atoms with E-state index in [1.807, 2.05) is 0 Å². The van der Waals surface area contributed by atoms with Crippen molar-refractivity contribution in [2.45, 2.75) is 193 Å². The van der Waals surface area contributed by atoms with Crippen molar-refractivity contribution in [3.05, 3.63) is 36.5 Å². The molecule has 0 saturated heterocycles. The minimum absolute atomic E-state index is 0.176. The van der Waals surface area contributed by atoms with Gasteiger partial charge in [-0.1, -0.05) is 134 Å². The first-order chi connectivity index (χ1) is 25.7. The average Bonchev–Trinajstić information content (AvgIpc) is 3.14. The summed E-state index contributed by atoms with van der Waals surface area (Å²) in [4.78, 5) is 34.9. The zero-order chi connectivity index (χ0) is 39.1. The topological polar surface area (TPSA) is 149 Å². The molecule has 0 saturated carbocycles. The van der Waals surface area contributed by atoms with E-state index in [0.717, 1.165) is 70.6 Å². The number of aliphatic hydroxyl groups excluding tert-OH is 2. The molecule has 0 amide bonds. The summed E-state index contributed by atoms with van der Waals surface area (Å²) in [5.74, 6) is -0.945. The maximum atomic E-state index is 12.6. The van der Waals surface area contributed by atoms with Gasteiger partial charge in [-0.2, -0.15) is 0 Å². The lowest BCUT2D eigenvalue weighted by Gasteiger charge is -2.20. The second-order valence-electron chi connectivity index (χ2n) is 14.0. The van der Waals surface area contributed by atoms with E-state index in [9.17, 15) is 24.2 Å². The van der Waals surface area contributed by atoms with Gasteiger partial charge in [0.25, 0.3) is 0 Å². The van der Waals surface area contributed by atoms with Crippen LogP contribution in [0.25, 0.3) is 0 Å². The molecule has 0 rings (SSSR count). The van der Waals surface area contributed by atoms with Crippen LogP contribution < -0.4 is 0 Å². The van der Waals surface area contributed by atoms with Crippen LogP contribution in [0.15, 0.2) is 36.5 Å². The van der Waals surface area contributed by atoms with Gasteiger partial charge in [0.1, 0.15) is 12.7 Å². The van der Waals surface area contributed by atoms with Gasteiger partial charge in [-0.05, 0) is 70.6 Å². The predicted octanol–water partition coefficient (Wildman–Crippen LogP) is 10.8. The molecule has 0 aliphatic heterocycles. The molecule has 0 bridgehead atoms. The van der Waals surface area contributed by atoms with Gasteiger partial charge >= 0.3 is 19.8 Å². The Labute approximate surface area is 322 Å². The third kappa shape index (κ3) is 38.3. The van der Waals surface area contributed by atoms with E-state index in [2.05, 4.69) is 54.8 Å². The number of phosphoric acid groups is 1. The number of phosphoric ester groups is 1. The summed E-state index contributed by atoms with van der Waals surface area (Å²) in [6.07, 6.45) is 38.2. The fraction of sp³-hybridized carbons (Fsp3) is 0.810. The molecule has 0 aliphatic carbocycles. The fourth-order valence-electron chi connectivity index (χ4n) is 5.49. The van der Waals surface area contributed by atoms with Crippen LogP contribution in [0.5, 0.6) is 0 Å². The summed E-state index contributed by atoms with van der Waals surface area (Å²) in [7, 11) is -4.62. The molecule has 0 aromatic heterocycles. The van der Waals surface area contributed by atoms with Crippen molar-refractivity contribution in [1.82, 2.24) is 0 Å². The summed E-state index contributed by atoms with van der Waals surface area (Å²) >= 11 is 0. The fourth-order valence-corrected chi connectivity index (χ4v) is 6.28. The Kier molecular flexibility index (Phi) is 37.2. The van der Waals surface area contributed by atoms with Gasteiger partial charge in [-0.3, -0.25) is 18.6 Å². The number of carbonyl (C=O) groups excluding carboxylic acids is 2. The normalized spacial score (nSPS) is 14.3. The monoisotopic (exact) mass is 773 g/mol. The lowest BCUT2D eigenvalue weighted by Crippen LogP contribution is -2.29. The lowest BCUT2D eigenvalue weighted by molar-refractivity contribution is -0.161. The molecular formula is C42H77O10P. The predicted molar refractivity (Wildman–Crippen MR) is 214 cm³/mol. The van der Waals surface area contributed by atoms with Gasteiger partial charge < -0.3 is 24.6 Å². The minimum atomic E-state index is -4.62. The first kappa shape index (κ1) is 51.2. The quantitative estimate of drug-likeness (QED) is 0.0238. The highest BCUT2D eigenvalue weighted by molar-refractivity contribution is 7.47. The molecule has 310 valence electrons. The van der Waals surface area contributed by atoms with Crippen LogP contribution in [0.4, 0.5) is 0 Å². The Balaban J connectivity index is 4.35. The van der Waals surface area contributed by atoms with Crippen LogP contribution >= 0.6 is 7.82 Å². The number of hydrogen-bond acceptors (Lipinski definition) is 9. The summed E-state index contributed by atoms with van der Waals surface area (Å²) in [6.45, 7) is 2.32. The Morgan fingerprint density at radius 1 is 0.566 bits per heavy atom. The Morgan fingerprint density at radius 3 is 1.51 bits per heavy atom. The number of rotatable bonds is 39. The molecular weight excluding hydrogens is 695 g/mol. The lowest BCUT2D eigenvalue weighted by atomic mass is 10.1. The van der Waals surface area contributed by atoms with E-state index >= 15 is 0 Å². The maximum Gasteiger partial charge on any atom is 0.472 e. The molecule has 11 heteroatoms. The van der Waals surface area contributed by atoms with E-state index < -0.39 is 51.8 Å². The standard InChI is InChI=1S/C42H77O10P/c1-3-5-7-9-11-13-15-17-19-21-23-25-27-29-31-33-41(45)49-37-40(38-51-53(47,48)50-36-39(44)35-43)52-42(46)34-32-30-28-26-24-22-20-18-16-14-12-10-8-6-4-2/h11,13-14,16-17,19,39-40,43-44H,3-10,12,15,18,20-38H2,1-2H3,(H,47,48)/b13-11+,16-14+,19-17+/t39-,40+/m0/s1. The van der Waals surface area contributed by atoms with Crippen molar-refractivity contribution in [2.24, 2.45) is 0 Å². The molecule has 3 N–H and O–H groups in total. The summed E-state index contributed by atoms with van der Waals surface area (Å²) in [5.41, 5.74) is 0. The van der Waals surface area contributed by atoms with Gasteiger partial charge in [-0.15, -0.1) is 0 Å². The molecule has 0 radical (unpaired) electrons. The molecule has 1 unspecified atom stereocenters. The van der Waals surface area contributed by atoms with E-state index in [1.165, 1.54) is 70.6 Å². The number of hydrogen-bond donors (Lipinski definition) is 3. The molecule has 0 heterocycles. The largest absolute Gasteiger partial charge is 0.472 e. The van der Waals surface area contributed by atoms with Crippen molar-refractivity contribution < 1.29 is 47.8 Å². The summed E-state index contributed by atoms with van der Waals surface area (Å²) in [6, 6.07) is 0. The van der Waals surface area contributed by atoms with Crippen LogP contribution in [0, 0.1) is 0 Å². The Morgan fingerprint density at radius 2 is 0.981 bits per heavy atom.